The predicted octanol–water partition coefficient (Wildman–Crippen LogP) is 3.49. The van der Waals surface area contributed by atoms with Crippen LogP contribution in [0.4, 0.5) is 0 Å². The zero-order chi connectivity index (χ0) is 14.2. The SMILES string of the molecule is COC1CCC2(C1)SC(Cc1ccccc1Cl)=NC2=O. The minimum Gasteiger partial charge on any atom is -0.381 e. The third kappa shape index (κ3) is 2.52. The molecule has 3 nitrogen and oxygen atoms in total. The van der Waals surface area contributed by atoms with Gasteiger partial charge in [0.15, 0.2) is 0 Å². The molecule has 1 heterocycles. The largest absolute Gasteiger partial charge is 0.381 e. The van der Waals surface area contributed by atoms with Gasteiger partial charge in [-0.15, -0.1) is 0 Å². The van der Waals surface area contributed by atoms with E-state index in [0.717, 1.165) is 34.9 Å². The summed E-state index contributed by atoms with van der Waals surface area (Å²) < 4.78 is 5.00. The van der Waals surface area contributed by atoms with Gasteiger partial charge >= 0.3 is 0 Å². The normalized spacial score (nSPS) is 29.2. The van der Waals surface area contributed by atoms with E-state index in [1.165, 1.54) is 0 Å². The summed E-state index contributed by atoms with van der Waals surface area (Å²) in [6, 6.07) is 7.70. The first-order valence-corrected chi connectivity index (χ1v) is 7.90. The maximum Gasteiger partial charge on any atom is 0.263 e. The lowest BCUT2D eigenvalue weighted by Crippen LogP contribution is -2.28. The van der Waals surface area contributed by atoms with Gasteiger partial charge in [0.2, 0.25) is 0 Å². The molecule has 106 valence electrons. The second kappa shape index (κ2) is 5.51. The smallest absolute Gasteiger partial charge is 0.263 e. The molecule has 20 heavy (non-hydrogen) atoms. The van der Waals surface area contributed by atoms with Crippen LogP contribution < -0.4 is 0 Å². The Morgan fingerprint density at radius 1 is 1.50 bits per heavy atom. The van der Waals surface area contributed by atoms with E-state index in [0.29, 0.717) is 6.42 Å². The van der Waals surface area contributed by atoms with Crippen LogP contribution in [0.25, 0.3) is 0 Å². The van der Waals surface area contributed by atoms with Crippen molar-refractivity contribution in [1.29, 1.82) is 0 Å². The highest BCUT2D eigenvalue weighted by Gasteiger charge is 2.50. The summed E-state index contributed by atoms with van der Waals surface area (Å²) in [5.41, 5.74) is 1.02. The van der Waals surface area contributed by atoms with Crippen LogP contribution in [0.3, 0.4) is 0 Å². The molecule has 1 aromatic carbocycles. The number of methoxy groups -OCH3 is 1. The van der Waals surface area contributed by atoms with Gasteiger partial charge in [-0.2, -0.15) is 0 Å². The molecule has 5 heteroatoms. The maximum absolute atomic E-state index is 12.2. The maximum atomic E-state index is 12.2. The molecule has 1 aliphatic heterocycles. The van der Waals surface area contributed by atoms with Crippen LogP contribution in [0.2, 0.25) is 5.02 Å². The first kappa shape index (κ1) is 14.1. The van der Waals surface area contributed by atoms with E-state index in [4.69, 9.17) is 16.3 Å². The van der Waals surface area contributed by atoms with Crippen molar-refractivity contribution in [1.82, 2.24) is 0 Å². The van der Waals surface area contributed by atoms with E-state index < -0.39 is 0 Å². The molecular weight excluding hydrogens is 294 g/mol. The molecule has 2 unspecified atom stereocenters. The molecule has 0 radical (unpaired) electrons. The van der Waals surface area contributed by atoms with Crippen molar-refractivity contribution in [3.05, 3.63) is 34.9 Å². The van der Waals surface area contributed by atoms with Crippen LogP contribution in [0.5, 0.6) is 0 Å². The fourth-order valence-corrected chi connectivity index (χ4v) is 4.47. The van der Waals surface area contributed by atoms with Crippen molar-refractivity contribution >= 4 is 34.3 Å². The van der Waals surface area contributed by atoms with Crippen molar-refractivity contribution in [2.24, 2.45) is 4.99 Å². The van der Waals surface area contributed by atoms with Crippen LogP contribution in [0.1, 0.15) is 24.8 Å². The van der Waals surface area contributed by atoms with Crippen molar-refractivity contribution in [2.45, 2.75) is 36.5 Å². The highest BCUT2D eigenvalue weighted by atomic mass is 35.5. The highest BCUT2D eigenvalue weighted by Crippen LogP contribution is 2.48. The van der Waals surface area contributed by atoms with Gasteiger partial charge in [-0.25, -0.2) is 4.99 Å². The molecule has 0 saturated heterocycles. The number of hydrogen-bond acceptors (Lipinski definition) is 3. The number of carbonyl (C=O) groups is 1. The number of nitrogens with zero attached hydrogens (tertiary/aromatic N) is 1. The Kier molecular flexibility index (Phi) is 3.89. The van der Waals surface area contributed by atoms with E-state index in [9.17, 15) is 4.79 Å². The van der Waals surface area contributed by atoms with Crippen LogP contribution in [0.15, 0.2) is 29.3 Å². The molecule has 1 aliphatic carbocycles. The van der Waals surface area contributed by atoms with Crippen molar-refractivity contribution in [3.63, 3.8) is 0 Å². The van der Waals surface area contributed by atoms with Crippen LogP contribution in [-0.2, 0) is 16.0 Å². The quantitative estimate of drug-likeness (QED) is 0.858. The number of carbonyl (C=O) groups excluding carboxylic acids is 1. The third-order valence-corrected chi connectivity index (χ3v) is 5.77. The van der Waals surface area contributed by atoms with Gasteiger partial charge in [-0.1, -0.05) is 41.6 Å². The number of benzene rings is 1. The molecule has 2 atom stereocenters. The van der Waals surface area contributed by atoms with E-state index in [1.807, 2.05) is 24.3 Å². The number of rotatable bonds is 3. The monoisotopic (exact) mass is 309 g/mol. The number of thioether (sulfide) groups is 1. The third-order valence-electron chi connectivity index (χ3n) is 3.99. The number of amides is 1. The minimum absolute atomic E-state index is 0.00380. The molecule has 0 aromatic heterocycles. The molecule has 1 saturated carbocycles. The summed E-state index contributed by atoms with van der Waals surface area (Å²) in [5.74, 6) is 0.00380. The fourth-order valence-electron chi connectivity index (χ4n) is 2.84. The molecule has 1 amide bonds. The topological polar surface area (TPSA) is 38.7 Å². The molecule has 1 aromatic rings. The second-order valence-electron chi connectivity index (χ2n) is 5.28. The number of hydrogen-bond donors (Lipinski definition) is 0. The molecule has 1 spiro atoms. The predicted molar refractivity (Wildman–Crippen MR) is 82.6 cm³/mol. The Balaban J connectivity index is 1.74. The number of ether oxygens (including phenoxy) is 1. The molecule has 1 fully saturated rings. The van der Waals surface area contributed by atoms with Crippen LogP contribution in [0, 0.1) is 0 Å². The van der Waals surface area contributed by atoms with Crippen LogP contribution >= 0.6 is 23.4 Å². The van der Waals surface area contributed by atoms with Gasteiger partial charge < -0.3 is 4.74 Å². The van der Waals surface area contributed by atoms with Gasteiger partial charge in [-0.3, -0.25) is 4.79 Å². The Hall–Kier alpha value is -0.840. The summed E-state index contributed by atoms with van der Waals surface area (Å²) in [6.07, 6.45) is 3.37. The first-order chi connectivity index (χ1) is 9.63. The molecule has 2 aliphatic rings. The summed E-state index contributed by atoms with van der Waals surface area (Å²) >= 11 is 7.78. The summed E-state index contributed by atoms with van der Waals surface area (Å²) in [4.78, 5) is 16.5. The lowest BCUT2D eigenvalue weighted by Gasteiger charge is -2.18. The van der Waals surface area contributed by atoms with Gasteiger partial charge in [0.25, 0.3) is 5.91 Å². The average molecular weight is 310 g/mol. The van der Waals surface area contributed by atoms with Crippen LogP contribution in [-0.4, -0.2) is 28.9 Å². The molecule has 3 rings (SSSR count). The lowest BCUT2D eigenvalue weighted by atomic mass is 10.1. The second-order valence-corrected chi connectivity index (χ2v) is 7.14. The molecule has 0 N–H and O–H groups in total. The Morgan fingerprint density at radius 3 is 3.00 bits per heavy atom. The first-order valence-electron chi connectivity index (χ1n) is 6.70. The minimum atomic E-state index is -0.378. The summed E-state index contributed by atoms with van der Waals surface area (Å²) in [5, 5.41) is 1.60. The van der Waals surface area contributed by atoms with E-state index in [1.54, 1.807) is 18.9 Å². The number of halogens is 1. The van der Waals surface area contributed by atoms with Crippen molar-refractivity contribution < 1.29 is 9.53 Å². The standard InChI is InChI=1S/C15H16ClNO2S/c1-19-11-6-7-15(9-11)14(18)17-13(20-15)8-10-4-2-3-5-12(10)16/h2-5,11H,6-9H2,1H3. The lowest BCUT2D eigenvalue weighted by molar-refractivity contribution is -0.119. The highest BCUT2D eigenvalue weighted by molar-refractivity contribution is 8.16. The van der Waals surface area contributed by atoms with Gasteiger partial charge in [0, 0.05) is 18.6 Å². The summed E-state index contributed by atoms with van der Waals surface area (Å²) in [7, 11) is 1.71. The van der Waals surface area contributed by atoms with E-state index >= 15 is 0 Å². The Labute approximate surface area is 127 Å². The van der Waals surface area contributed by atoms with Crippen molar-refractivity contribution in [3.8, 4) is 0 Å². The molecule has 0 bridgehead atoms. The van der Waals surface area contributed by atoms with Gasteiger partial charge in [0.1, 0.15) is 4.75 Å². The molecular formula is C15H16ClNO2S. The fraction of sp³-hybridized carbons (Fsp3) is 0.467. The Morgan fingerprint density at radius 2 is 2.30 bits per heavy atom. The van der Waals surface area contributed by atoms with Crippen molar-refractivity contribution in [2.75, 3.05) is 7.11 Å². The summed E-state index contributed by atoms with van der Waals surface area (Å²) in [6.45, 7) is 0. The zero-order valence-corrected chi connectivity index (χ0v) is 12.8. The van der Waals surface area contributed by atoms with E-state index in [-0.39, 0.29) is 16.8 Å². The van der Waals surface area contributed by atoms with Gasteiger partial charge in [-0.05, 0) is 30.9 Å². The zero-order valence-electron chi connectivity index (χ0n) is 11.3. The Bertz CT molecular complexity index is 575. The number of aliphatic imine (C=N–C) groups is 1. The average Bonchev–Trinajstić information content (AvgIpc) is 2.98. The van der Waals surface area contributed by atoms with E-state index in [2.05, 4.69) is 4.99 Å². The van der Waals surface area contributed by atoms with Gasteiger partial charge in [0.05, 0.1) is 11.1 Å².